The average Bonchev–Trinajstić information content (AvgIpc) is 2.79. The highest BCUT2D eigenvalue weighted by atomic mass is 32.2. The fraction of sp³-hybridized carbons (Fsp3) is 0.348. The molecule has 0 radical (unpaired) electrons. The predicted octanol–water partition coefficient (Wildman–Crippen LogP) is 2.01. The number of hydrogen-bond donors (Lipinski definition) is 1. The summed E-state index contributed by atoms with van der Waals surface area (Å²) in [6.07, 6.45) is -1.14. The summed E-state index contributed by atoms with van der Waals surface area (Å²) in [6, 6.07) is 12.0. The van der Waals surface area contributed by atoms with Gasteiger partial charge in [0.15, 0.2) is 11.9 Å². The van der Waals surface area contributed by atoms with Crippen molar-refractivity contribution >= 4 is 33.4 Å². The summed E-state index contributed by atoms with van der Waals surface area (Å²) in [7, 11) is -1.82. The molecule has 1 atom stereocenters. The molecule has 1 saturated heterocycles. The summed E-state index contributed by atoms with van der Waals surface area (Å²) in [6.45, 7) is 4.83. The number of carbonyl (C=O) groups is 3. The van der Waals surface area contributed by atoms with Crippen LogP contribution in [0, 0.1) is 0 Å². The molecule has 0 bridgehead atoms. The molecule has 33 heavy (non-hydrogen) atoms. The zero-order chi connectivity index (χ0) is 24.2. The maximum atomic E-state index is 12.9. The number of Topliss-reactive ketones (excluding diaryl/α,β-unsaturated/α-hetero) is 1. The van der Waals surface area contributed by atoms with Crippen LogP contribution in [0.2, 0.25) is 0 Å². The average molecular weight is 474 g/mol. The van der Waals surface area contributed by atoms with Gasteiger partial charge in [0.2, 0.25) is 10.0 Å². The smallest absolute Gasteiger partial charge is 0.338 e. The molecule has 2 aromatic rings. The third-order valence-corrected chi connectivity index (χ3v) is 7.25. The molecule has 1 fully saturated rings. The van der Waals surface area contributed by atoms with Gasteiger partial charge in [0, 0.05) is 37.4 Å². The number of ketones is 1. The van der Waals surface area contributed by atoms with Crippen molar-refractivity contribution < 1.29 is 27.5 Å². The van der Waals surface area contributed by atoms with Gasteiger partial charge >= 0.3 is 5.97 Å². The maximum Gasteiger partial charge on any atom is 0.338 e. The number of anilines is 1. The number of carbonyl (C=O) groups excluding carboxylic acids is 3. The summed E-state index contributed by atoms with van der Waals surface area (Å²) < 4.78 is 32.5. The van der Waals surface area contributed by atoms with E-state index in [9.17, 15) is 22.8 Å². The molecule has 0 aliphatic carbocycles. The van der Waals surface area contributed by atoms with Crippen LogP contribution >= 0.6 is 0 Å². The highest BCUT2D eigenvalue weighted by Crippen LogP contribution is 2.20. The first-order valence-corrected chi connectivity index (χ1v) is 11.9. The van der Waals surface area contributed by atoms with Crippen molar-refractivity contribution in [3.05, 3.63) is 59.7 Å². The largest absolute Gasteiger partial charge is 0.449 e. The minimum Gasteiger partial charge on any atom is -0.449 e. The number of ether oxygens (including phenoxy) is 1. The van der Waals surface area contributed by atoms with Crippen LogP contribution in [0.3, 0.4) is 0 Å². The molecule has 2 aromatic carbocycles. The molecule has 176 valence electrons. The molecule has 0 aromatic heterocycles. The van der Waals surface area contributed by atoms with Gasteiger partial charge < -0.3 is 15.0 Å². The number of benzene rings is 2. The lowest BCUT2D eigenvalue weighted by Gasteiger charge is -2.31. The SMILES string of the molecule is CC(=O)c1cccc(NC(=O)C(C)OC(=O)c2cccc(S(=O)(=O)N3CCN(C)CC3)c2)c1. The van der Waals surface area contributed by atoms with Gasteiger partial charge in [-0.25, -0.2) is 13.2 Å². The quantitative estimate of drug-likeness (QED) is 0.483. The lowest BCUT2D eigenvalue weighted by Crippen LogP contribution is -2.47. The maximum absolute atomic E-state index is 12.9. The molecule has 0 saturated carbocycles. The first kappa shape index (κ1) is 24.6. The first-order chi connectivity index (χ1) is 15.6. The Hall–Kier alpha value is -3.08. The van der Waals surface area contributed by atoms with E-state index in [1.165, 1.54) is 48.5 Å². The zero-order valence-corrected chi connectivity index (χ0v) is 19.6. The van der Waals surface area contributed by atoms with E-state index in [1.54, 1.807) is 18.2 Å². The lowest BCUT2D eigenvalue weighted by atomic mass is 10.1. The van der Waals surface area contributed by atoms with Gasteiger partial charge in [-0.3, -0.25) is 9.59 Å². The summed E-state index contributed by atoms with van der Waals surface area (Å²) in [5.41, 5.74) is 0.870. The van der Waals surface area contributed by atoms with Gasteiger partial charge in [-0.15, -0.1) is 0 Å². The van der Waals surface area contributed by atoms with Crippen molar-refractivity contribution in [1.29, 1.82) is 0 Å². The van der Waals surface area contributed by atoms with E-state index < -0.39 is 28.0 Å². The topological polar surface area (TPSA) is 113 Å². The Morgan fingerprint density at radius 3 is 2.27 bits per heavy atom. The standard InChI is InChI=1S/C23H27N3O6S/c1-16(27)18-6-4-8-20(14-18)24-22(28)17(2)32-23(29)19-7-5-9-21(15-19)33(30,31)26-12-10-25(3)11-13-26/h4-9,14-15,17H,10-13H2,1-3H3,(H,24,28). The van der Waals surface area contributed by atoms with Crippen LogP contribution in [-0.2, 0) is 19.6 Å². The number of rotatable bonds is 7. The molecular weight excluding hydrogens is 446 g/mol. The fourth-order valence-corrected chi connectivity index (χ4v) is 4.77. The van der Waals surface area contributed by atoms with Gasteiger partial charge in [-0.1, -0.05) is 18.2 Å². The van der Waals surface area contributed by atoms with E-state index in [0.717, 1.165) is 0 Å². The van der Waals surface area contributed by atoms with Crippen LogP contribution < -0.4 is 5.32 Å². The highest BCUT2D eigenvalue weighted by Gasteiger charge is 2.28. The van der Waals surface area contributed by atoms with E-state index in [1.807, 2.05) is 11.9 Å². The summed E-state index contributed by atoms with van der Waals surface area (Å²) >= 11 is 0. The Morgan fingerprint density at radius 2 is 1.61 bits per heavy atom. The molecule has 9 nitrogen and oxygen atoms in total. The van der Waals surface area contributed by atoms with Crippen LogP contribution in [-0.4, -0.2) is 74.6 Å². The van der Waals surface area contributed by atoms with E-state index in [-0.39, 0.29) is 16.2 Å². The second-order valence-electron chi connectivity index (χ2n) is 7.91. The number of nitrogens with one attached hydrogen (secondary N) is 1. The number of nitrogens with zero attached hydrogens (tertiary/aromatic N) is 2. The zero-order valence-electron chi connectivity index (χ0n) is 18.8. The second-order valence-corrected chi connectivity index (χ2v) is 9.85. The van der Waals surface area contributed by atoms with E-state index >= 15 is 0 Å². The molecule has 1 N–H and O–H groups in total. The van der Waals surface area contributed by atoms with Crippen LogP contribution in [0.4, 0.5) is 5.69 Å². The van der Waals surface area contributed by atoms with Crippen molar-refractivity contribution in [3.63, 3.8) is 0 Å². The Kier molecular flexibility index (Phi) is 7.62. The van der Waals surface area contributed by atoms with Gasteiger partial charge in [0.1, 0.15) is 0 Å². The van der Waals surface area contributed by atoms with Crippen molar-refractivity contribution in [1.82, 2.24) is 9.21 Å². The molecule has 3 rings (SSSR count). The lowest BCUT2D eigenvalue weighted by molar-refractivity contribution is -0.123. The fourth-order valence-electron chi connectivity index (χ4n) is 3.30. The van der Waals surface area contributed by atoms with Crippen molar-refractivity contribution in [2.45, 2.75) is 24.8 Å². The Balaban J connectivity index is 1.67. The van der Waals surface area contributed by atoms with Crippen molar-refractivity contribution in [3.8, 4) is 0 Å². The third kappa shape index (κ3) is 6.04. The molecule has 1 aliphatic heterocycles. The van der Waals surface area contributed by atoms with Crippen LogP contribution in [0.5, 0.6) is 0 Å². The molecular formula is C23H27N3O6S. The van der Waals surface area contributed by atoms with E-state index in [4.69, 9.17) is 4.74 Å². The monoisotopic (exact) mass is 473 g/mol. The Labute approximate surface area is 193 Å². The summed E-state index contributed by atoms with van der Waals surface area (Å²) in [5, 5.41) is 2.60. The molecule has 10 heteroatoms. The number of amides is 1. The van der Waals surface area contributed by atoms with Crippen LogP contribution in [0.15, 0.2) is 53.4 Å². The number of sulfonamides is 1. The molecule has 1 amide bonds. The van der Waals surface area contributed by atoms with Gasteiger partial charge in [-0.2, -0.15) is 4.31 Å². The third-order valence-electron chi connectivity index (χ3n) is 5.36. The number of esters is 1. The van der Waals surface area contributed by atoms with Crippen molar-refractivity contribution in [2.24, 2.45) is 0 Å². The van der Waals surface area contributed by atoms with Gasteiger partial charge in [0.05, 0.1) is 10.5 Å². The molecule has 1 unspecified atom stereocenters. The number of hydrogen-bond acceptors (Lipinski definition) is 7. The number of likely N-dealkylation sites (N-methyl/N-ethyl adjacent to an activating group) is 1. The minimum absolute atomic E-state index is 0.000319. The van der Waals surface area contributed by atoms with Crippen LogP contribution in [0.25, 0.3) is 0 Å². The molecule has 1 aliphatic rings. The Bertz CT molecular complexity index is 1160. The van der Waals surface area contributed by atoms with Crippen molar-refractivity contribution in [2.75, 3.05) is 38.5 Å². The second kappa shape index (κ2) is 10.2. The molecule has 0 spiro atoms. The number of piperazine rings is 1. The predicted molar refractivity (Wildman–Crippen MR) is 123 cm³/mol. The van der Waals surface area contributed by atoms with E-state index in [0.29, 0.717) is 37.4 Å². The summed E-state index contributed by atoms with van der Waals surface area (Å²) in [5.74, 6) is -1.53. The van der Waals surface area contributed by atoms with Gasteiger partial charge in [0.25, 0.3) is 5.91 Å². The summed E-state index contributed by atoms with van der Waals surface area (Å²) in [4.78, 5) is 38.6. The molecule has 1 heterocycles. The van der Waals surface area contributed by atoms with E-state index in [2.05, 4.69) is 5.32 Å². The minimum atomic E-state index is -3.75. The van der Waals surface area contributed by atoms with Crippen LogP contribution in [0.1, 0.15) is 34.6 Å². The highest BCUT2D eigenvalue weighted by molar-refractivity contribution is 7.89. The normalized spacial score (nSPS) is 16.1. The Morgan fingerprint density at radius 1 is 0.970 bits per heavy atom. The first-order valence-electron chi connectivity index (χ1n) is 10.5. The van der Waals surface area contributed by atoms with Gasteiger partial charge in [-0.05, 0) is 51.2 Å².